The Bertz CT molecular complexity index is 5320. The summed E-state index contributed by atoms with van der Waals surface area (Å²) in [5, 5.41) is 69.0. The molecule has 24 N–H and O–H groups in total. The van der Waals surface area contributed by atoms with E-state index in [2.05, 4.69) is 59.3 Å². The lowest BCUT2D eigenvalue weighted by Gasteiger charge is -2.27. The third-order valence-corrected chi connectivity index (χ3v) is 21.3. The van der Waals surface area contributed by atoms with E-state index < -0.39 is 252 Å². The fraction of sp³-hybridized carbons (Fsp3) is 0.521. The predicted molar refractivity (Wildman–Crippen MR) is 347 cm³/mol. The van der Waals surface area contributed by atoms with Gasteiger partial charge >= 0.3 is 50.9 Å². The summed E-state index contributed by atoms with van der Waals surface area (Å²) in [4.78, 5) is 156. The zero-order valence-electron chi connectivity index (χ0n) is 54.3. The largest absolute Gasteiger partial charge is 0.694 e. The Labute approximate surface area is 600 Å². The maximum atomic E-state index is 14.4. The van der Waals surface area contributed by atoms with E-state index >= 15 is 0 Å². The summed E-state index contributed by atoms with van der Waals surface area (Å²) >= 11 is 0. The first-order valence-electron chi connectivity index (χ1n) is 31.0. The first-order valence-corrected chi connectivity index (χ1v) is 38.1. The first-order chi connectivity index (χ1) is 51.3. The van der Waals surface area contributed by atoms with E-state index in [9.17, 15) is 102 Å². The van der Waals surface area contributed by atoms with Gasteiger partial charge in [-0.1, -0.05) is 0 Å². The molecule has 13 rings (SSSR count). The van der Waals surface area contributed by atoms with Gasteiger partial charge in [0.1, 0.15) is 110 Å². The van der Waals surface area contributed by atoms with Crippen LogP contribution in [0.5, 0.6) is 0 Å². The highest BCUT2D eigenvalue weighted by molar-refractivity contribution is 7.48. The fourth-order valence-electron chi connectivity index (χ4n) is 12.1. The van der Waals surface area contributed by atoms with Gasteiger partial charge in [-0.15, -0.1) is 9.42 Å². The Morgan fingerprint density at radius 3 is 0.991 bits per heavy atom. The lowest BCUT2D eigenvalue weighted by atomic mass is 10.1. The van der Waals surface area contributed by atoms with E-state index in [0.29, 0.717) is 9.13 Å². The van der Waals surface area contributed by atoms with E-state index in [1.165, 1.54) is 0 Å². The minimum atomic E-state index is -5.95. The molecule has 0 amide bonds. The summed E-state index contributed by atoms with van der Waals surface area (Å²) < 4.78 is 148. The maximum absolute atomic E-state index is 14.4. The molecule has 0 bridgehead atoms. The molecular formula is C48H61N21O35P5+. The standard InChI is InChI=1S/C48H60N21O35P5/c49-18-1-3-65(47(79)57-18)40-25(72)29(14(97-40)5-91-105(81)82)101-107(85,86)93-7-15-30(26(73)41(98-15)66-4-2-19(50)58-48(66)80)102-108(87,88)94-9-17-32(28(75)43(100-17)69-12-56-22-35(69)61-46(53)64-38(22)78)104-109(89,90)95-8-16-31(27(74)42(99-16)68-11-55-21-34(68)60-45(52)63-37(21)77)103-106(83,84)92-6-13-23(70)24(71)39(96-13)67-10-54-20-33(67)59-44(51)62-36(20)76/h1-4,10-17,23-32,39-43,70-75H,5-9H2,(H17-,49,50,51,52,53,57,58,59,60,61,62,63,64,76,77,78,79,80,81,82,83,84,85,86,87,88,89,90)/p+1/t13-,14-,15-,16-,17-,23-,24-,25-,26-,27-,28-,29-,30-,31-,32-,39-,40-,41-,42-,43-/m1/s1. The van der Waals surface area contributed by atoms with Crippen LogP contribution < -0.4 is 56.7 Å². The third kappa shape index (κ3) is 16.3. The van der Waals surface area contributed by atoms with Gasteiger partial charge in [-0.2, -0.15) is 24.9 Å². The minimum absolute atomic E-state index is 0.214. The van der Waals surface area contributed by atoms with Crippen LogP contribution in [-0.4, -0.2) is 257 Å². The number of nitrogens with two attached hydrogens (primary N) is 5. The lowest BCUT2D eigenvalue weighted by molar-refractivity contribution is -0.0646. The number of aromatic amines is 3. The average molecular weight is 1650 g/mol. The number of ether oxygens (including phenoxy) is 5. The van der Waals surface area contributed by atoms with E-state index in [1.807, 2.05) is 0 Å². The van der Waals surface area contributed by atoms with Crippen LogP contribution in [0.15, 0.2) is 67.5 Å². The average Bonchev–Trinajstić information content (AvgIpc) is 1.65. The third-order valence-electron chi connectivity index (χ3n) is 17.0. The molecule has 0 aliphatic carbocycles. The second-order valence-electron chi connectivity index (χ2n) is 24.1. The Balaban J connectivity index is 0.736. The molecule has 0 saturated carbocycles. The number of anilines is 5. The van der Waals surface area contributed by atoms with Crippen molar-refractivity contribution >= 4 is 103 Å². The molecule has 13 heterocycles. The summed E-state index contributed by atoms with van der Waals surface area (Å²) in [6, 6.07) is 2.14. The number of H-pyrrole nitrogens is 3. The van der Waals surface area contributed by atoms with Crippen LogP contribution in [0.4, 0.5) is 29.5 Å². The molecular weight excluding hydrogens is 1590 g/mol. The van der Waals surface area contributed by atoms with Gasteiger partial charge in [0.25, 0.3) is 16.7 Å². The van der Waals surface area contributed by atoms with Crippen molar-refractivity contribution in [2.45, 2.75) is 123 Å². The molecule has 25 atom stereocenters. The molecule has 5 unspecified atom stereocenters. The van der Waals surface area contributed by atoms with Gasteiger partial charge in [-0.05, 0) is 12.1 Å². The van der Waals surface area contributed by atoms with Gasteiger partial charge in [0.05, 0.1) is 45.4 Å². The van der Waals surface area contributed by atoms with Crippen LogP contribution in [0, 0.1) is 0 Å². The highest BCUT2D eigenvalue weighted by Gasteiger charge is 2.57. The fourth-order valence-corrected chi connectivity index (χ4v) is 16.3. The normalized spacial score (nSPS) is 31.7. The summed E-state index contributed by atoms with van der Waals surface area (Å²) in [5.74, 6) is -2.00. The summed E-state index contributed by atoms with van der Waals surface area (Å²) in [5.41, 5.74) is 21.4. The summed E-state index contributed by atoms with van der Waals surface area (Å²) in [6.07, 6.45) is -36.3. The molecule has 5 aliphatic rings. The summed E-state index contributed by atoms with van der Waals surface area (Å²) in [6.45, 7) is -6.22. The van der Waals surface area contributed by atoms with Crippen LogP contribution in [0.3, 0.4) is 0 Å². The zero-order valence-corrected chi connectivity index (χ0v) is 58.8. The van der Waals surface area contributed by atoms with Gasteiger partial charge in [0, 0.05) is 17.0 Å². The Kier molecular flexibility index (Phi) is 22.1. The van der Waals surface area contributed by atoms with Crippen molar-refractivity contribution < 1.29 is 142 Å². The second-order valence-corrected chi connectivity index (χ2v) is 30.4. The molecule has 5 fully saturated rings. The number of nitrogen functional groups attached to an aromatic ring is 5. The topological polar surface area (TPSA) is 828 Å². The molecule has 61 heteroatoms. The second kappa shape index (κ2) is 30.5. The SMILES string of the molecule is Nc1ccn([C@@H]2O[C@H](CO[P+](=O)O)[C@@H](OP(=O)(O)OC[C@H]3O[C@@H](n4ccc(N)nc4=O)[C@H](O)[C@@H]3OP(=O)(O)OC[C@H]3O[C@@H](n4cnc5c(=O)[nH]c(N)nc54)[C@H](O)[C@@H]3OP(=O)(O)OC[C@H]3O[C@@H](n4cnc5c(=O)[nH]c(N)nc54)[C@H](O)[C@@H]3OP(=O)(O)OC[C@H]3O[C@@H](n4cnc5c(=O)[nH]c(N)nc54)[C@H](O)[C@@H]3O)[C@H]2O)c(=O)n1. The highest BCUT2D eigenvalue weighted by Crippen LogP contribution is 2.56. The van der Waals surface area contributed by atoms with Crippen molar-refractivity contribution in [3.8, 4) is 0 Å². The van der Waals surface area contributed by atoms with Crippen molar-refractivity contribution in [3.05, 3.63) is 95.5 Å². The number of aliphatic hydroxyl groups excluding tert-OH is 6. The summed E-state index contributed by atoms with van der Waals surface area (Å²) in [7, 11) is -26.7. The number of hydrogen-bond acceptors (Lipinski definition) is 43. The van der Waals surface area contributed by atoms with Crippen LogP contribution in [0.25, 0.3) is 33.5 Å². The number of aliphatic hydroxyl groups is 6. The Hall–Kier alpha value is -8.17. The molecule has 0 aromatic carbocycles. The molecule has 0 spiro atoms. The number of hydrogen-bond donors (Lipinski definition) is 19. The van der Waals surface area contributed by atoms with Crippen molar-refractivity contribution in [2.75, 3.05) is 61.7 Å². The van der Waals surface area contributed by atoms with E-state index in [0.717, 1.165) is 57.2 Å². The Morgan fingerprint density at radius 2 is 0.688 bits per heavy atom. The maximum Gasteiger partial charge on any atom is 0.694 e. The van der Waals surface area contributed by atoms with Crippen LogP contribution in [0.1, 0.15) is 31.1 Å². The van der Waals surface area contributed by atoms with Gasteiger partial charge in [0.15, 0.2) is 64.6 Å². The number of imidazole rings is 3. The molecule has 109 heavy (non-hydrogen) atoms. The van der Waals surface area contributed by atoms with Crippen LogP contribution in [0.2, 0.25) is 0 Å². The number of aromatic nitrogens is 16. The van der Waals surface area contributed by atoms with E-state index in [1.54, 1.807) is 0 Å². The van der Waals surface area contributed by atoms with Gasteiger partial charge < -0.3 is 103 Å². The first kappa shape index (κ1) is 78.9. The highest BCUT2D eigenvalue weighted by atomic mass is 31.2. The number of fused-ring (bicyclic) bond motifs is 3. The molecule has 0 radical (unpaired) electrons. The monoisotopic (exact) mass is 1650 g/mol. The number of nitrogens with zero attached hydrogens (tertiary/aromatic N) is 13. The number of rotatable bonds is 28. The predicted octanol–water partition coefficient (Wildman–Crippen LogP) is -7.86. The molecule has 8 aromatic rings. The van der Waals surface area contributed by atoms with Gasteiger partial charge in [0.2, 0.25) is 17.8 Å². The van der Waals surface area contributed by atoms with Crippen molar-refractivity contribution in [1.29, 1.82) is 0 Å². The lowest BCUT2D eigenvalue weighted by Crippen LogP contribution is -2.39. The molecule has 56 nitrogen and oxygen atoms in total. The quantitative estimate of drug-likeness (QED) is 0.0203. The number of phosphoric acid groups is 4. The van der Waals surface area contributed by atoms with E-state index in [4.69, 9.17) is 88.5 Å². The Morgan fingerprint density at radius 1 is 0.413 bits per heavy atom. The van der Waals surface area contributed by atoms with Crippen molar-refractivity contribution in [2.24, 2.45) is 0 Å². The molecule has 8 aromatic heterocycles. The van der Waals surface area contributed by atoms with Crippen LogP contribution in [-0.2, 0) is 87.2 Å². The van der Waals surface area contributed by atoms with Gasteiger partial charge in [-0.25, -0.2) is 42.8 Å². The smallest absolute Gasteiger partial charge is 0.387 e. The number of phosphoric ester groups is 4. The van der Waals surface area contributed by atoms with E-state index in [-0.39, 0.29) is 34.4 Å². The minimum Gasteiger partial charge on any atom is -0.387 e. The van der Waals surface area contributed by atoms with Gasteiger partial charge in [-0.3, -0.25) is 88.4 Å². The zero-order chi connectivity index (χ0) is 78.4. The number of nitrogens with one attached hydrogen (secondary N) is 3. The van der Waals surface area contributed by atoms with Crippen molar-refractivity contribution in [1.82, 2.24) is 77.7 Å². The molecule has 592 valence electrons. The van der Waals surface area contributed by atoms with Crippen LogP contribution >= 0.6 is 39.5 Å². The molecule has 5 saturated heterocycles. The van der Waals surface area contributed by atoms with Crippen molar-refractivity contribution in [3.63, 3.8) is 0 Å². The molecule has 5 aliphatic heterocycles.